The molecule has 0 aromatic heterocycles. The quantitative estimate of drug-likeness (QED) is 0.660. The minimum absolute atomic E-state index is 0.215. The molecule has 5 heteroatoms. The summed E-state index contributed by atoms with van der Waals surface area (Å²) in [6.45, 7) is 1.82. The van der Waals surface area contributed by atoms with Crippen molar-refractivity contribution in [2.75, 3.05) is 7.11 Å². The normalized spacial score (nSPS) is 12.9. The van der Waals surface area contributed by atoms with Crippen LogP contribution in [0.2, 0.25) is 10.0 Å². The molecule has 0 aliphatic rings. The zero-order chi connectivity index (χ0) is 11.4. The van der Waals surface area contributed by atoms with Crippen molar-refractivity contribution in [3.63, 3.8) is 0 Å². The van der Waals surface area contributed by atoms with Crippen LogP contribution in [0.3, 0.4) is 0 Å². The molecule has 0 radical (unpaired) electrons. The Kier molecular flexibility index (Phi) is 4.83. The van der Waals surface area contributed by atoms with Gasteiger partial charge in [-0.2, -0.15) is 0 Å². The molecule has 1 aromatic carbocycles. The fourth-order valence-electron chi connectivity index (χ4n) is 1.23. The summed E-state index contributed by atoms with van der Waals surface area (Å²) in [6.07, 6.45) is -0.715. The van der Waals surface area contributed by atoms with Crippen molar-refractivity contribution in [1.82, 2.24) is 0 Å². The Balaban J connectivity index is 3.05. The van der Waals surface area contributed by atoms with Crippen molar-refractivity contribution in [1.29, 1.82) is 0 Å². The van der Waals surface area contributed by atoms with E-state index in [-0.39, 0.29) is 6.61 Å². The average molecular weight is 251 g/mol. The molecule has 3 nitrogen and oxygen atoms in total. The van der Waals surface area contributed by atoms with Gasteiger partial charge in [0.1, 0.15) is 6.61 Å². The highest BCUT2D eigenvalue weighted by Gasteiger charge is 2.14. The Morgan fingerprint density at radius 1 is 1.40 bits per heavy atom. The molecule has 0 heterocycles. The molecule has 0 saturated heterocycles. The first-order chi connectivity index (χ1) is 7.07. The van der Waals surface area contributed by atoms with Crippen LogP contribution in [0.4, 0.5) is 0 Å². The molecule has 1 aromatic rings. The average Bonchev–Trinajstić information content (AvgIpc) is 2.16. The maximum atomic E-state index is 9.49. The van der Waals surface area contributed by atoms with Gasteiger partial charge in [0.2, 0.25) is 0 Å². The van der Waals surface area contributed by atoms with Crippen molar-refractivity contribution < 1.29 is 14.9 Å². The fourth-order valence-corrected chi connectivity index (χ4v) is 1.97. The highest BCUT2D eigenvalue weighted by Crippen LogP contribution is 2.33. The van der Waals surface area contributed by atoms with Crippen LogP contribution in [-0.4, -0.2) is 12.2 Å². The van der Waals surface area contributed by atoms with Crippen LogP contribution in [0.15, 0.2) is 12.1 Å². The van der Waals surface area contributed by atoms with Crippen LogP contribution in [0, 0.1) is 0 Å². The molecule has 0 spiro atoms. The number of rotatable bonds is 4. The van der Waals surface area contributed by atoms with Crippen molar-refractivity contribution in [2.24, 2.45) is 0 Å². The smallest absolute Gasteiger partial charge is 0.109 e. The van der Waals surface area contributed by atoms with Gasteiger partial charge in [-0.1, -0.05) is 29.3 Å². The number of aliphatic hydroxyl groups excluding tert-OH is 1. The molecule has 0 aliphatic carbocycles. The molecule has 84 valence electrons. The van der Waals surface area contributed by atoms with E-state index in [1.54, 1.807) is 19.1 Å². The van der Waals surface area contributed by atoms with Gasteiger partial charge in [0.25, 0.3) is 0 Å². The van der Waals surface area contributed by atoms with E-state index >= 15 is 0 Å². The van der Waals surface area contributed by atoms with Gasteiger partial charge in [-0.05, 0) is 13.0 Å². The van der Waals surface area contributed by atoms with E-state index in [4.69, 9.17) is 28.1 Å². The minimum Gasteiger partial charge on any atom is -0.389 e. The lowest BCUT2D eigenvalue weighted by atomic mass is 10.1. The van der Waals surface area contributed by atoms with E-state index in [1.807, 2.05) is 0 Å². The zero-order valence-electron chi connectivity index (χ0n) is 8.46. The van der Waals surface area contributed by atoms with Crippen molar-refractivity contribution in [2.45, 2.75) is 19.6 Å². The summed E-state index contributed by atoms with van der Waals surface area (Å²) >= 11 is 12.0. The van der Waals surface area contributed by atoms with E-state index in [0.717, 1.165) is 5.56 Å². The maximum absolute atomic E-state index is 9.49. The summed E-state index contributed by atoms with van der Waals surface area (Å²) in [5, 5.41) is 10.3. The van der Waals surface area contributed by atoms with E-state index in [2.05, 4.69) is 4.89 Å². The predicted molar refractivity (Wildman–Crippen MR) is 58.9 cm³/mol. The standard InChI is InChI=1S/C10H12Cl2O3/c1-6(13)9-8(11)4-3-7(10(9)12)5-15-14-2/h3-4,6,13H,5H2,1-2H3. The predicted octanol–water partition coefficient (Wildman–Crippen LogP) is 3.12. The Morgan fingerprint density at radius 2 is 2.07 bits per heavy atom. The van der Waals surface area contributed by atoms with E-state index < -0.39 is 6.10 Å². The van der Waals surface area contributed by atoms with Gasteiger partial charge in [-0.3, -0.25) is 0 Å². The van der Waals surface area contributed by atoms with Gasteiger partial charge >= 0.3 is 0 Å². The summed E-state index contributed by atoms with van der Waals surface area (Å²) in [5.74, 6) is 0. The Hall–Kier alpha value is -0.320. The fraction of sp³-hybridized carbons (Fsp3) is 0.400. The molecular formula is C10H12Cl2O3. The summed E-state index contributed by atoms with van der Waals surface area (Å²) in [7, 11) is 1.42. The summed E-state index contributed by atoms with van der Waals surface area (Å²) < 4.78 is 0. The second kappa shape index (κ2) is 5.68. The van der Waals surface area contributed by atoms with Crippen molar-refractivity contribution in [3.05, 3.63) is 33.3 Å². The molecule has 15 heavy (non-hydrogen) atoms. The number of benzene rings is 1. The number of aliphatic hydroxyl groups is 1. The molecule has 0 amide bonds. The molecule has 0 bridgehead atoms. The first-order valence-corrected chi connectivity index (χ1v) is 5.14. The lowest BCUT2D eigenvalue weighted by Gasteiger charge is -2.13. The first kappa shape index (κ1) is 12.7. The topological polar surface area (TPSA) is 38.7 Å². The lowest BCUT2D eigenvalue weighted by molar-refractivity contribution is -0.282. The van der Waals surface area contributed by atoms with Gasteiger partial charge < -0.3 is 5.11 Å². The third-order valence-electron chi connectivity index (χ3n) is 1.96. The highest BCUT2D eigenvalue weighted by atomic mass is 35.5. The Labute approximate surface area is 98.4 Å². The molecule has 1 N–H and O–H groups in total. The number of hydrogen-bond acceptors (Lipinski definition) is 3. The van der Waals surface area contributed by atoms with E-state index in [1.165, 1.54) is 7.11 Å². The van der Waals surface area contributed by atoms with Crippen LogP contribution in [-0.2, 0) is 16.4 Å². The first-order valence-electron chi connectivity index (χ1n) is 4.38. The maximum Gasteiger partial charge on any atom is 0.109 e. The van der Waals surface area contributed by atoms with Crippen LogP contribution in [0.25, 0.3) is 0 Å². The molecule has 0 fully saturated rings. The van der Waals surface area contributed by atoms with Crippen LogP contribution >= 0.6 is 23.2 Å². The van der Waals surface area contributed by atoms with Gasteiger partial charge in [-0.25, -0.2) is 9.78 Å². The van der Waals surface area contributed by atoms with Crippen molar-refractivity contribution >= 4 is 23.2 Å². The third kappa shape index (κ3) is 3.06. The zero-order valence-corrected chi connectivity index (χ0v) is 9.97. The number of hydrogen-bond donors (Lipinski definition) is 1. The van der Waals surface area contributed by atoms with Gasteiger partial charge in [0.15, 0.2) is 0 Å². The molecule has 0 saturated carbocycles. The molecule has 1 unspecified atom stereocenters. The summed E-state index contributed by atoms with van der Waals surface area (Å²) in [5.41, 5.74) is 1.23. The van der Waals surface area contributed by atoms with Crippen LogP contribution < -0.4 is 0 Å². The molecule has 1 atom stereocenters. The van der Waals surface area contributed by atoms with E-state index in [9.17, 15) is 5.11 Å². The highest BCUT2D eigenvalue weighted by molar-refractivity contribution is 6.36. The monoisotopic (exact) mass is 250 g/mol. The molecular weight excluding hydrogens is 239 g/mol. The Bertz CT molecular complexity index is 340. The van der Waals surface area contributed by atoms with Crippen LogP contribution in [0.5, 0.6) is 0 Å². The summed E-state index contributed by atoms with van der Waals surface area (Å²) in [4.78, 5) is 9.24. The van der Waals surface area contributed by atoms with Gasteiger partial charge in [0, 0.05) is 16.1 Å². The minimum atomic E-state index is -0.715. The second-order valence-electron chi connectivity index (χ2n) is 3.04. The lowest BCUT2D eigenvalue weighted by Crippen LogP contribution is -1.99. The summed E-state index contributed by atoms with van der Waals surface area (Å²) in [6, 6.07) is 3.40. The third-order valence-corrected chi connectivity index (χ3v) is 2.73. The van der Waals surface area contributed by atoms with Crippen LogP contribution in [0.1, 0.15) is 24.2 Å². The number of halogens is 2. The van der Waals surface area contributed by atoms with Gasteiger partial charge in [0.05, 0.1) is 18.2 Å². The Morgan fingerprint density at radius 3 is 2.60 bits per heavy atom. The molecule has 0 aliphatic heterocycles. The van der Waals surface area contributed by atoms with E-state index in [0.29, 0.717) is 15.6 Å². The van der Waals surface area contributed by atoms with Crippen molar-refractivity contribution in [3.8, 4) is 0 Å². The SMILES string of the molecule is COOCc1ccc(Cl)c(C(C)O)c1Cl. The van der Waals surface area contributed by atoms with Gasteiger partial charge in [-0.15, -0.1) is 0 Å². The second-order valence-corrected chi connectivity index (χ2v) is 3.82. The molecule has 1 rings (SSSR count). The largest absolute Gasteiger partial charge is 0.389 e.